The largest absolute Gasteiger partial charge is 0.352 e. The molecular formula is C33H40ClN3O4S. The molecule has 0 radical (unpaired) electrons. The van der Waals surface area contributed by atoms with Crippen LogP contribution in [0.4, 0.5) is 5.69 Å². The maximum Gasteiger partial charge on any atom is 0.264 e. The summed E-state index contributed by atoms with van der Waals surface area (Å²) in [5.74, 6) is -0.485. The fourth-order valence-electron chi connectivity index (χ4n) is 5.26. The summed E-state index contributed by atoms with van der Waals surface area (Å²) in [4.78, 5) is 29.1. The lowest BCUT2D eigenvalue weighted by molar-refractivity contribution is -0.139. The Labute approximate surface area is 254 Å². The van der Waals surface area contributed by atoms with Crippen LogP contribution in [0.1, 0.15) is 69.9 Å². The van der Waals surface area contributed by atoms with E-state index < -0.39 is 28.5 Å². The predicted molar refractivity (Wildman–Crippen MR) is 168 cm³/mol. The van der Waals surface area contributed by atoms with E-state index in [1.807, 2.05) is 18.2 Å². The lowest BCUT2D eigenvalue weighted by atomic mass is 9.95. The van der Waals surface area contributed by atoms with Crippen molar-refractivity contribution >= 4 is 39.1 Å². The molecule has 0 spiro atoms. The van der Waals surface area contributed by atoms with Crippen molar-refractivity contribution in [3.05, 3.63) is 95.0 Å². The molecule has 1 saturated carbocycles. The van der Waals surface area contributed by atoms with Crippen LogP contribution in [0, 0.1) is 0 Å². The van der Waals surface area contributed by atoms with Gasteiger partial charge in [0, 0.05) is 17.6 Å². The molecule has 0 saturated heterocycles. The molecule has 4 rings (SSSR count). The molecule has 42 heavy (non-hydrogen) atoms. The zero-order valence-corrected chi connectivity index (χ0v) is 26.1. The number of rotatable bonds is 11. The molecule has 2 amide bonds. The van der Waals surface area contributed by atoms with E-state index in [1.165, 1.54) is 17.0 Å². The zero-order valence-electron chi connectivity index (χ0n) is 24.5. The quantitative estimate of drug-likeness (QED) is 0.268. The van der Waals surface area contributed by atoms with E-state index in [-0.39, 0.29) is 29.3 Å². The minimum absolute atomic E-state index is 0.0752. The number of halogens is 1. The summed E-state index contributed by atoms with van der Waals surface area (Å²) < 4.78 is 29.0. The third kappa shape index (κ3) is 7.92. The van der Waals surface area contributed by atoms with E-state index in [1.54, 1.807) is 55.5 Å². The van der Waals surface area contributed by atoms with Gasteiger partial charge < -0.3 is 10.2 Å². The normalized spacial score (nSPS) is 14.8. The van der Waals surface area contributed by atoms with Gasteiger partial charge in [-0.1, -0.05) is 87.2 Å². The molecule has 1 aliphatic rings. The smallest absolute Gasteiger partial charge is 0.264 e. The Morgan fingerprint density at radius 3 is 2.19 bits per heavy atom. The van der Waals surface area contributed by atoms with E-state index >= 15 is 0 Å². The summed E-state index contributed by atoms with van der Waals surface area (Å²) in [5, 5.41) is 3.63. The van der Waals surface area contributed by atoms with Gasteiger partial charge in [0.1, 0.15) is 12.6 Å². The highest BCUT2D eigenvalue weighted by Crippen LogP contribution is 2.27. The molecule has 0 aromatic heterocycles. The highest BCUT2D eigenvalue weighted by Gasteiger charge is 2.33. The van der Waals surface area contributed by atoms with Gasteiger partial charge in [-0.25, -0.2) is 8.42 Å². The van der Waals surface area contributed by atoms with Gasteiger partial charge in [-0.3, -0.25) is 13.9 Å². The first kappa shape index (κ1) is 31.6. The number of hydrogen-bond acceptors (Lipinski definition) is 4. The first-order valence-electron chi connectivity index (χ1n) is 14.6. The number of carbonyl (C=O) groups is 2. The Morgan fingerprint density at radius 2 is 1.57 bits per heavy atom. The van der Waals surface area contributed by atoms with E-state index in [9.17, 15) is 18.0 Å². The number of nitrogens with zero attached hydrogens (tertiary/aromatic N) is 2. The second kappa shape index (κ2) is 14.2. The summed E-state index contributed by atoms with van der Waals surface area (Å²) >= 11 is 6.24. The minimum Gasteiger partial charge on any atom is -0.352 e. The van der Waals surface area contributed by atoms with Crippen LogP contribution in [0.15, 0.2) is 83.8 Å². The van der Waals surface area contributed by atoms with Crippen LogP contribution < -0.4 is 9.62 Å². The molecule has 1 atom stereocenters. The number of carbonyl (C=O) groups excluding carboxylic acids is 2. The Morgan fingerprint density at radius 1 is 0.905 bits per heavy atom. The van der Waals surface area contributed by atoms with E-state index in [0.29, 0.717) is 10.7 Å². The van der Waals surface area contributed by atoms with Crippen LogP contribution in [0.2, 0.25) is 5.02 Å². The van der Waals surface area contributed by atoms with Gasteiger partial charge in [0.25, 0.3) is 10.0 Å². The number of nitrogens with one attached hydrogen (secondary N) is 1. The minimum atomic E-state index is -4.10. The summed E-state index contributed by atoms with van der Waals surface area (Å²) in [5.41, 5.74) is 2.17. The van der Waals surface area contributed by atoms with Crippen molar-refractivity contribution in [2.45, 2.75) is 82.3 Å². The first-order chi connectivity index (χ1) is 20.1. The fraction of sp³-hybridized carbons (Fsp3) is 0.394. The highest BCUT2D eigenvalue weighted by atomic mass is 35.5. The summed E-state index contributed by atoms with van der Waals surface area (Å²) in [6.45, 7) is 5.44. The molecule has 3 aromatic carbocycles. The van der Waals surface area contributed by atoms with Gasteiger partial charge in [0.2, 0.25) is 11.8 Å². The van der Waals surface area contributed by atoms with Crippen LogP contribution in [0.5, 0.6) is 0 Å². The van der Waals surface area contributed by atoms with E-state index in [2.05, 4.69) is 19.2 Å². The summed E-state index contributed by atoms with van der Waals surface area (Å²) in [6, 6.07) is 21.6. The number of hydrogen-bond donors (Lipinski definition) is 1. The van der Waals surface area contributed by atoms with Crippen LogP contribution in [0.3, 0.4) is 0 Å². The third-order valence-corrected chi connectivity index (χ3v) is 9.84. The van der Waals surface area contributed by atoms with Crippen molar-refractivity contribution in [3.8, 4) is 0 Å². The second-order valence-corrected chi connectivity index (χ2v) is 13.5. The third-order valence-electron chi connectivity index (χ3n) is 7.82. The Kier molecular flexibility index (Phi) is 10.7. The Hall–Kier alpha value is -3.36. The second-order valence-electron chi connectivity index (χ2n) is 11.2. The molecule has 0 unspecified atom stereocenters. The first-order valence-corrected chi connectivity index (χ1v) is 16.4. The van der Waals surface area contributed by atoms with Gasteiger partial charge in [-0.2, -0.15) is 0 Å². The summed E-state index contributed by atoms with van der Waals surface area (Å²) in [6.07, 6.45) is 5.11. The number of sulfonamides is 1. The number of amides is 2. The fourth-order valence-corrected chi connectivity index (χ4v) is 6.91. The molecule has 0 heterocycles. The topological polar surface area (TPSA) is 86.8 Å². The standard InChI is InChI=1S/C33H40ClN3O4S/c1-24(2)27-17-19-30(20-18-27)37(42(40,41)31-15-8-5-9-16-31)23-32(38)36(22-26-11-10-12-28(34)21-26)25(3)33(39)35-29-13-6-4-7-14-29/h5,8-12,15-21,24-25,29H,4,6-7,13-14,22-23H2,1-3H3,(H,35,39)/t25-/m0/s1. The van der Waals surface area contributed by atoms with Gasteiger partial charge in [0.05, 0.1) is 10.6 Å². The molecule has 7 nitrogen and oxygen atoms in total. The van der Waals surface area contributed by atoms with Crippen molar-refractivity contribution in [1.82, 2.24) is 10.2 Å². The molecule has 0 bridgehead atoms. The molecule has 1 aliphatic carbocycles. The monoisotopic (exact) mass is 609 g/mol. The van der Waals surface area contributed by atoms with Crippen molar-refractivity contribution in [1.29, 1.82) is 0 Å². The van der Waals surface area contributed by atoms with Crippen LogP contribution in [-0.4, -0.2) is 43.8 Å². The Balaban J connectivity index is 1.68. The average molecular weight is 610 g/mol. The molecule has 1 N–H and O–H groups in total. The van der Waals surface area contributed by atoms with Crippen LogP contribution in [0.25, 0.3) is 0 Å². The average Bonchev–Trinajstić information content (AvgIpc) is 2.99. The van der Waals surface area contributed by atoms with Crippen molar-refractivity contribution in [2.24, 2.45) is 0 Å². The maximum absolute atomic E-state index is 14.1. The van der Waals surface area contributed by atoms with Crippen LogP contribution >= 0.6 is 11.6 Å². The SMILES string of the molecule is CC(C)c1ccc(N(CC(=O)N(Cc2cccc(Cl)c2)[C@@H](C)C(=O)NC2CCCCC2)S(=O)(=O)c2ccccc2)cc1. The molecular weight excluding hydrogens is 570 g/mol. The van der Waals surface area contributed by atoms with E-state index in [0.717, 1.165) is 47.5 Å². The van der Waals surface area contributed by atoms with Gasteiger partial charge >= 0.3 is 0 Å². The molecule has 224 valence electrons. The van der Waals surface area contributed by atoms with Crippen molar-refractivity contribution < 1.29 is 18.0 Å². The van der Waals surface area contributed by atoms with Crippen molar-refractivity contribution in [3.63, 3.8) is 0 Å². The van der Waals surface area contributed by atoms with Gasteiger partial charge in [0.15, 0.2) is 0 Å². The lowest BCUT2D eigenvalue weighted by Gasteiger charge is -2.33. The number of anilines is 1. The number of benzene rings is 3. The van der Waals surface area contributed by atoms with Gasteiger partial charge in [-0.05, 0) is 73.2 Å². The van der Waals surface area contributed by atoms with Gasteiger partial charge in [-0.15, -0.1) is 0 Å². The molecule has 1 fully saturated rings. The molecule has 9 heteroatoms. The lowest BCUT2D eigenvalue weighted by Crippen LogP contribution is -2.53. The zero-order chi connectivity index (χ0) is 30.3. The summed E-state index contributed by atoms with van der Waals surface area (Å²) in [7, 11) is -4.10. The maximum atomic E-state index is 14.1. The van der Waals surface area contributed by atoms with E-state index in [4.69, 9.17) is 11.6 Å². The Bertz CT molecular complexity index is 1460. The molecule has 0 aliphatic heterocycles. The van der Waals surface area contributed by atoms with Crippen LogP contribution in [-0.2, 0) is 26.2 Å². The molecule has 3 aromatic rings. The predicted octanol–water partition coefficient (Wildman–Crippen LogP) is 6.52. The van der Waals surface area contributed by atoms with Crippen molar-refractivity contribution in [2.75, 3.05) is 10.8 Å². The highest BCUT2D eigenvalue weighted by molar-refractivity contribution is 7.92.